The molecular formula is C16H12N8. The molecule has 0 saturated carbocycles. The maximum absolute atomic E-state index is 4.48. The molecular weight excluding hydrogens is 304 g/mol. The normalized spacial score (nSPS) is 11.5. The third kappa shape index (κ3) is 1.83. The van der Waals surface area contributed by atoms with Crippen molar-refractivity contribution in [1.29, 1.82) is 0 Å². The quantitative estimate of drug-likeness (QED) is 0.538. The zero-order valence-corrected chi connectivity index (χ0v) is 12.7. The number of hydrogen-bond acceptors (Lipinski definition) is 5. The summed E-state index contributed by atoms with van der Waals surface area (Å²) in [5.41, 5.74) is 4.53. The topological polar surface area (TPSA) is 89.6 Å². The number of hydrogen-bond donors (Lipinski definition) is 1. The summed E-state index contributed by atoms with van der Waals surface area (Å²) in [6.07, 6.45) is 14.6. The molecule has 0 atom stereocenters. The molecule has 24 heavy (non-hydrogen) atoms. The Morgan fingerprint density at radius 3 is 2.83 bits per heavy atom. The fourth-order valence-corrected chi connectivity index (χ4v) is 2.91. The van der Waals surface area contributed by atoms with E-state index in [4.69, 9.17) is 0 Å². The summed E-state index contributed by atoms with van der Waals surface area (Å²) in [5, 5.41) is 5.19. The minimum absolute atomic E-state index is 0.669. The third-order valence-corrected chi connectivity index (χ3v) is 4.00. The van der Waals surface area contributed by atoms with Gasteiger partial charge >= 0.3 is 0 Å². The Morgan fingerprint density at radius 2 is 1.96 bits per heavy atom. The van der Waals surface area contributed by atoms with Gasteiger partial charge in [0.05, 0.1) is 17.3 Å². The van der Waals surface area contributed by atoms with Crippen molar-refractivity contribution in [3.8, 4) is 22.4 Å². The highest BCUT2D eigenvalue weighted by Crippen LogP contribution is 2.33. The zero-order valence-electron chi connectivity index (χ0n) is 12.7. The fraction of sp³-hybridized carbons (Fsp3) is 0.0625. The first-order valence-corrected chi connectivity index (χ1v) is 7.40. The molecule has 0 aromatic carbocycles. The van der Waals surface area contributed by atoms with E-state index in [2.05, 4.69) is 30.0 Å². The number of H-pyrrole nitrogens is 1. The van der Waals surface area contributed by atoms with Crippen molar-refractivity contribution in [3.63, 3.8) is 0 Å². The molecule has 5 aromatic heterocycles. The molecule has 0 amide bonds. The molecule has 0 aliphatic heterocycles. The van der Waals surface area contributed by atoms with Gasteiger partial charge in [0.1, 0.15) is 12.0 Å². The molecule has 0 bridgehead atoms. The van der Waals surface area contributed by atoms with Crippen molar-refractivity contribution < 1.29 is 0 Å². The van der Waals surface area contributed by atoms with Crippen LogP contribution in [0.15, 0.2) is 49.7 Å². The lowest BCUT2D eigenvalue weighted by atomic mass is 10.1. The summed E-state index contributed by atoms with van der Waals surface area (Å²) in [7, 11) is 1.89. The molecule has 0 aliphatic rings. The molecule has 5 rings (SSSR count). The van der Waals surface area contributed by atoms with Crippen LogP contribution < -0.4 is 0 Å². The van der Waals surface area contributed by atoms with Crippen LogP contribution in [0.2, 0.25) is 0 Å². The lowest BCUT2D eigenvalue weighted by Crippen LogP contribution is -1.91. The smallest absolute Gasteiger partial charge is 0.233 e. The summed E-state index contributed by atoms with van der Waals surface area (Å²) in [4.78, 5) is 20.6. The second-order valence-electron chi connectivity index (χ2n) is 5.53. The maximum atomic E-state index is 4.48. The molecule has 8 heteroatoms. The molecule has 0 aliphatic carbocycles. The van der Waals surface area contributed by atoms with Gasteiger partial charge in [-0.2, -0.15) is 5.10 Å². The molecule has 0 unspecified atom stereocenters. The van der Waals surface area contributed by atoms with Gasteiger partial charge in [-0.25, -0.2) is 19.9 Å². The predicted molar refractivity (Wildman–Crippen MR) is 88.1 cm³/mol. The van der Waals surface area contributed by atoms with Crippen LogP contribution in [0, 0.1) is 0 Å². The van der Waals surface area contributed by atoms with Crippen LogP contribution in [0.1, 0.15) is 0 Å². The predicted octanol–water partition coefficient (Wildman–Crippen LogP) is 2.07. The SMILES string of the molecule is Cn1cc(-c2ncnc3[nH]cc(-c4cnc5nccn5c4)c23)cn1. The lowest BCUT2D eigenvalue weighted by Gasteiger charge is -2.04. The van der Waals surface area contributed by atoms with Crippen molar-refractivity contribution in [2.24, 2.45) is 7.05 Å². The average molecular weight is 316 g/mol. The second kappa shape index (κ2) is 4.72. The Kier molecular flexibility index (Phi) is 2.55. The first kappa shape index (κ1) is 12.9. The van der Waals surface area contributed by atoms with Crippen molar-refractivity contribution in [2.75, 3.05) is 0 Å². The number of nitrogens with zero attached hydrogens (tertiary/aromatic N) is 7. The average Bonchev–Trinajstić information content (AvgIpc) is 3.32. The molecule has 0 spiro atoms. The first-order chi connectivity index (χ1) is 11.8. The number of aromatic nitrogens is 8. The second-order valence-corrected chi connectivity index (χ2v) is 5.53. The van der Waals surface area contributed by atoms with E-state index in [0.29, 0.717) is 5.78 Å². The number of aromatic amines is 1. The Hall–Kier alpha value is -3.55. The summed E-state index contributed by atoms with van der Waals surface area (Å²) >= 11 is 0. The van der Waals surface area contributed by atoms with Crippen molar-refractivity contribution in [3.05, 3.63) is 49.7 Å². The monoisotopic (exact) mass is 316 g/mol. The van der Waals surface area contributed by atoms with Gasteiger partial charge in [0, 0.05) is 60.9 Å². The van der Waals surface area contributed by atoms with Crippen molar-refractivity contribution in [2.45, 2.75) is 0 Å². The van der Waals surface area contributed by atoms with Gasteiger partial charge in [0.15, 0.2) is 0 Å². The van der Waals surface area contributed by atoms with Crippen LogP contribution in [0.3, 0.4) is 0 Å². The van der Waals surface area contributed by atoms with Crippen LogP contribution in [0.4, 0.5) is 0 Å². The summed E-state index contributed by atoms with van der Waals surface area (Å²) in [6, 6.07) is 0. The van der Waals surface area contributed by atoms with Crippen LogP contribution in [-0.2, 0) is 7.05 Å². The molecule has 1 N–H and O–H groups in total. The van der Waals surface area contributed by atoms with Gasteiger partial charge in [-0.1, -0.05) is 0 Å². The Balaban J connectivity index is 1.79. The van der Waals surface area contributed by atoms with Crippen molar-refractivity contribution in [1.82, 2.24) is 39.1 Å². The first-order valence-electron chi connectivity index (χ1n) is 7.40. The van der Waals surface area contributed by atoms with Crippen LogP contribution in [-0.4, -0.2) is 39.1 Å². The third-order valence-electron chi connectivity index (χ3n) is 4.00. The Labute approximate surface area is 135 Å². The molecule has 5 aromatic rings. The standard InChI is InChI=1S/C16H12N8/c1-23-7-11(5-22-23)14-13-12(6-18-15(13)21-9-20-14)10-4-19-16-17-2-3-24(16)8-10/h2-9H,1H3,(H,18,20,21). The number of aryl methyl sites for hydroxylation is 1. The van der Waals surface area contributed by atoms with Gasteiger partial charge < -0.3 is 4.98 Å². The highest BCUT2D eigenvalue weighted by Gasteiger charge is 2.15. The number of imidazole rings is 1. The minimum Gasteiger partial charge on any atom is -0.345 e. The van der Waals surface area contributed by atoms with Crippen molar-refractivity contribution >= 4 is 16.8 Å². The number of rotatable bonds is 2. The zero-order chi connectivity index (χ0) is 16.1. The van der Waals surface area contributed by atoms with Gasteiger partial charge in [-0.3, -0.25) is 9.08 Å². The van der Waals surface area contributed by atoms with Gasteiger partial charge in [-0.05, 0) is 0 Å². The lowest BCUT2D eigenvalue weighted by molar-refractivity contribution is 0.768. The molecule has 0 radical (unpaired) electrons. The van der Waals surface area contributed by atoms with Crippen LogP contribution >= 0.6 is 0 Å². The molecule has 0 saturated heterocycles. The fourth-order valence-electron chi connectivity index (χ4n) is 2.91. The van der Waals surface area contributed by atoms with E-state index >= 15 is 0 Å². The molecule has 0 fully saturated rings. The summed E-state index contributed by atoms with van der Waals surface area (Å²) < 4.78 is 3.65. The van der Waals surface area contributed by atoms with E-state index in [1.165, 1.54) is 0 Å². The van der Waals surface area contributed by atoms with E-state index in [1.807, 2.05) is 42.4 Å². The van der Waals surface area contributed by atoms with E-state index in [-0.39, 0.29) is 0 Å². The largest absolute Gasteiger partial charge is 0.345 e. The Bertz CT molecular complexity index is 1180. The van der Waals surface area contributed by atoms with Gasteiger partial charge in [-0.15, -0.1) is 0 Å². The van der Waals surface area contributed by atoms with Gasteiger partial charge in [0.2, 0.25) is 5.78 Å². The highest BCUT2D eigenvalue weighted by atomic mass is 15.2. The maximum Gasteiger partial charge on any atom is 0.233 e. The number of nitrogens with one attached hydrogen (secondary N) is 1. The van der Waals surface area contributed by atoms with Crippen LogP contribution in [0.5, 0.6) is 0 Å². The highest BCUT2D eigenvalue weighted by molar-refractivity contribution is 6.02. The van der Waals surface area contributed by atoms with E-state index < -0.39 is 0 Å². The van der Waals surface area contributed by atoms with E-state index in [0.717, 1.165) is 33.4 Å². The van der Waals surface area contributed by atoms with E-state index in [9.17, 15) is 0 Å². The summed E-state index contributed by atoms with van der Waals surface area (Å²) in [5.74, 6) is 0.669. The molecule has 5 heterocycles. The molecule has 8 nitrogen and oxygen atoms in total. The number of fused-ring (bicyclic) bond motifs is 2. The minimum atomic E-state index is 0.669. The van der Waals surface area contributed by atoms with E-state index in [1.54, 1.807) is 23.4 Å². The van der Waals surface area contributed by atoms with Crippen LogP contribution in [0.25, 0.3) is 39.2 Å². The summed E-state index contributed by atoms with van der Waals surface area (Å²) in [6.45, 7) is 0. The molecule has 116 valence electrons. The van der Waals surface area contributed by atoms with Gasteiger partial charge in [0.25, 0.3) is 0 Å². The Morgan fingerprint density at radius 1 is 1.00 bits per heavy atom.